The van der Waals surface area contributed by atoms with Gasteiger partial charge in [-0.1, -0.05) is 43.6 Å². The number of rotatable bonds is 5. The highest BCUT2D eigenvalue weighted by molar-refractivity contribution is 6.31. The molecule has 0 aromatic heterocycles. The molecule has 1 atom stereocenters. The fourth-order valence-corrected chi connectivity index (χ4v) is 2.16. The van der Waals surface area contributed by atoms with E-state index in [2.05, 4.69) is 13.8 Å². The summed E-state index contributed by atoms with van der Waals surface area (Å²) >= 11 is 6.17. The van der Waals surface area contributed by atoms with Gasteiger partial charge < -0.3 is 4.74 Å². The lowest BCUT2D eigenvalue weighted by Crippen LogP contribution is -2.15. The Morgan fingerprint density at radius 1 is 1.35 bits per heavy atom. The van der Waals surface area contributed by atoms with E-state index >= 15 is 0 Å². The fraction of sp³-hybridized carbons (Fsp3) is 0.500. The lowest BCUT2D eigenvalue weighted by Gasteiger charge is -2.21. The van der Waals surface area contributed by atoms with Gasteiger partial charge in [-0.25, -0.2) is 0 Å². The van der Waals surface area contributed by atoms with E-state index in [-0.39, 0.29) is 11.9 Å². The van der Waals surface area contributed by atoms with E-state index in [9.17, 15) is 4.79 Å². The minimum Gasteiger partial charge on any atom is -0.466 e. The Bertz CT molecular complexity index is 374. The van der Waals surface area contributed by atoms with Gasteiger partial charge in [0.25, 0.3) is 0 Å². The highest BCUT2D eigenvalue weighted by atomic mass is 35.5. The van der Waals surface area contributed by atoms with Crippen LogP contribution < -0.4 is 0 Å². The summed E-state index contributed by atoms with van der Waals surface area (Å²) in [5.41, 5.74) is 1.03. The van der Waals surface area contributed by atoms with E-state index in [1.807, 2.05) is 31.2 Å². The Kier molecular flexibility index (Phi) is 5.49. The Morgan fingerprint density at radius 2 is 2.00 bits per heavy atom. The predicted molar refractivity (Wildman–Crippen MR) is 70.3 cm³/mol. The van der Waals surface area contributed by atoms with Crippen molar-refractivity contribution in [3.8, 4) is 0 Å². The van der Waals surface area contributed by atoms with Crippen molar-refractivity contribution in [1.29, 1.82) is 0 Å². The summed E-state index contributed by atoms with van der Waals surface area (Å²) in [6.45, 7) is 6.42. The van der Waals surface area contributed by atoms with Crippen LogP contribution >= 0.6 is 11.6 Å². The fourth-order valence-electron chi connectivity index (χ4n) is 1.88. The lowest BCUT2D eigenvalue weighted by atomic mass is 9.86. The Morgan fingerprint density at radius 3 is 2.53 bits per heavy atom. The number of hydrogen-bond acceptors (Lipinski definition) is 2. The zero-order valence-electron chi connectivity index (χ0n) is 10.6. The van der Waals surface area contributed by atoms with Crippen LogP contribution in [0, 0.1) is 5.92 Å². The minimum absolute atomic E-state index is 0.114. The van der Waals surface area contributed by atoms with Crippen LogP contribution in [-0.4, -0.2) is 12.6 Å². The molecular formula is C14H19ClO2. The third-order valence-electron chi connectivity index (χ3n) is 2.80. The van der Waals surface area contributed by atoms with Gasteiger partial charge in [-0.2, -0.15) is 0 Å². The number of esters is 1. The number of carbonyl (C=O) groups is 1. The third kappa shape index (κ3) is 4.04. The number of benzene rings is 1. The van der Waals surface area contributed by atoms with E-state index in [1.54, 1.807) is 0 Å². The molecule has 0 aliphatic heterocycles. The molecule has 17 heavy (non-hydrogen) atoms. The van der Waals surface area contributed by atoms with Gasteiger partial charge in [0.05, 0.1) is 13.0 Å². The van der Waals surface area contributed by atoms with Crippen molar-refractivity contribution >= 4 is 17.6 Å². The number of hydrogen-bond donors (Lipinski definition) is 0. The van der Waals surface area contributed by atoms with Crippen LogP contribution in [0.5, 0.6) is 0 Å². The van der Waals surface area contributed by atoms with Crippen LogP contribution in [0.1, 0.15) is 38.7 Å². The molecule has 2 nitrogen and oxygen atoms in total. The molecule has 0 fully saturated rings. The first-order valence-electron chi connectivity index (χ1n) is 5.96. The second-order valence-corrected chi connectivity index (χ2v) is 4.79. The molecule has 1 rings (SSSR count). The Hall–Kier alpha value is -1.02. The van der Waals surface area contributed by atoms with Crippen LogP contribution in [0.4, 0.5) is 0 Å². The zero-order valence-corrected chi connectivity index (χ0v) is 11.3. The number of carbonyl (C=O) groups excluding carboxylic acids is 1. The molecule has 0 spiro atoms. The van der Waals surface area contributed by atoms with Gasteiger partial charge in [-0.15, -0.1) is 0 Å². The molecule has 0 bridgehead atoms. The highest BCUT2D eigenvalue weighted by Crippen LogP contribution is 2.33. The van der Waals surface area contributed by atoms with Crippen molar-refractivity contribution in [2.75, 3.05) is 6.61 Å². The topological polar surface area (TPSA) is 26.3 Å². The van der Waals surface area contributed by atoms with Gasteiger partial charge in [0.1, 0.15) is 0 Å². The van der Waals surface area contributed by atoms with E-state index in [0.29, 0.717) is 18.9 Å². The standard InChI is InChI=1S/C14H19ClO2/c1-4-17-14(16)9-12(10(2)3)11-7-5-6-8-13(11)15/h5-8,10,12H,4,9H2,1-3H3. The van der Waals surface area contributed by atoms with Gasteiger partial charge >= 0.3 is 5.97 Å². The summed E-state index contributed by atoms with van der Waals surface area (Å²) in [6.07, 6.45) is 0.384. The van der Waals surface area contributed by atoms with Crippen molar-refractivity contribution in [2.24, 2.45) is 5.92 Å². The second kappa shape index (κ2) is 6.65. The summed E-state index contributed by atoms with van der Waals surface area (Å²) < 4.78 is 5.00. The molecule has 0 aliphatic carbocycles. The molecular weight excluding hydrogens is 236 g/mol. The van der Waals surface area contributed by atoms with Gasteiger partial charge in [-0.3, -0.25) is 4.79 Å². The predicted octanol–water partition coefficient (Wildman–Crippen LogP) is 4.03. The van der Waals surface area contributed by atoms with Crippen molar-refractivity contribution < 1.29 is 9.53 Å². The molecule has 0 amide bonds. The smallest absolute Gasteiger partial charge is 0.306 e. The van der Waals surface area contributed by atoms with E-state index < -0.39 is 0 Å². The lowest BCUT2D eigenvalue weighted by molar-refractivity contribution is -0.143. The average molecular weight is 255 g/mol. The number of halogens is 1. The van der Waals surface area contributed by atoms with Crippen LogP contribution in [-0.2, 0) is 9.53 Å². The first kappa shape index (κ1) is 14.0. The monoisotopic (exact) mass is 254 g/mol. The molecule has 0 saturated carbocycles. The molecule has 0 aliphatic rings. The minimum atomic E-state index is -0.161. The molecule has 1 aromatic rings. The maximum atomic E-state index is 11.6. The third-order valence-corrected chi connectivity index (χ3v) is 3.15. The first-order chi connectivity index (χ1) is 8.06. The maximum Gasteiger partial charge on any atom is 0.306 e. The molecule has 0 heterocycles. The summed E-state index contributed by atoms with van der Waals surface area (Å²) in [5, 5.41) is 0.718. The molecule has 0 N–H and O–H groups in total. The SMILES string of the molecule is CCOC(=O)CC(c1ccccc1Cl)C(C)C. The van der Waals surface area contributed by atoms with Crippen molar-refractivity contribution in [3.05, 3.63) is 34.9 Å². The molecule has 1 unspecified atom stereocenters. The van der Waals surface area contributed by atoms with Gasteiger partial charge in [0, 0.05) is 5.02 Å². The highest BCUT2D eigenvalue weighted by Gasteiger charge is 2.22. The van der Waals surface area contributed by atoms with Crippen LogP contribution in [0.2, 0.25) is 5.02 Å². The van der Waals surface area contributed by atoms with Crippen molar-refractivity contribution in [2.45, 2.75) is 33.1 Å². The summed E-state index contributed by atoms with van der Waals surface area (Å²) in [5.74, 6) is 0.299. The van der Waals surface area contributed by atoms with Gasteiger partial charge in [0.2, 0.25) is 0 Å². The van der Waals surface area contributed by atoms with Crippen molar-refractivity contribution in [3.63, 3.8) is 0 Å². The van der Waals surface area contributed by atoms with Gasteiger partial charge in [0.15, 0.2) is 0 Å². The van der Waals surface area contributed by atoms with Crippen molar-refractivity contribution in [1.82, 2.24) is 0 Å². The molecule has 94 valence electrons. The molecule has 0 saturated heterocycles. The second-order valence-electron chi connectivity index (χ2n) is 4.38. The van der Waals surface area contributed by atoms with E-state index in [4.69, 9.17) is 16.3 Å². The molecule has 1 aromatic carbocycles. The van der Waals surface area contributed by atoms with Crippen LogP contribution in [0.3, 0.4) is 0 Å². The zero-order chi connectivity index (χ0) is 12.8. The first-order valence-corrected chi connectivity index (χ1v) is 6.34. The normalized spacial score (nSPS) is 12.5. The summed E-state index contributed by atoms with van der Waals surface area (Å²) in [7, 11) is 0. The number of ether oxygens (including phenoxy) is 1. The largest absolute Gasteiger partial charge is 0.466 e. The Labute approximate surface area is 108 Å². The maximum absolute atomic E-state index is 11.6. The van der Waals surface area contributed by atoms with Crippen LogP contribution in [0.15, 0.2) is 24.3 Å². The average Bonchev–Trinajstić information content (AvgIpc) is 2.27. The van der Waals surface area contributed by atoms with E-state index in [0.717, 1.165) is 10.6 Å². The summed E-state index contributed by atoms with van der Waals surface area (Å²) in [4.78, 5) is 11.6. The molecule has 0 radical (unpaired) electrons. The Balaban J connectivity index is 2.87. The summed E-state index contributed by atoms with van der Waals surface area (Å²) in [6, 6.07) is 7.68. The van der Waals surface area contributed by atoms with Crippen LogP contribution in [0.25, 0.3) is 0 Å². The van der Waals surface area contributed by atoms with E-state index in [1.165, 1.54) is 0 Å². The molecule has 3 heteroatoms. The quantitative estimate of drug-likeness (QED) is 0.742. The van der Waals surface area contributed by atoms with Gasteiger partial charge in [-0.05, 0) is 30.4 Å².